The van der Waals surface area contributed by atoms with E-state index >= 15 is 0 Å². The molecule has 21 heavy (non-hydrogen) atoms. The van der Waals surface area contributed by atoms with Gasteiger partial charge in [-0.15, -0.1) is 0 Å². The van der Waals surface area contributed by atoms with Gasteiger partial charge in [-0.25, -0.2) is 0 Å². The fourth-order valence-corrected chi connectivity index (χ4v) is 2.56. The maximum absolute atomic E-state index is 4.36. The second-order valence-corrected chi connectivity index (χ2v) is 7.20. The van der Waals surface area contributed by atoms with Gasteiger partial charge in [0, 0.05) is 10.8 Å². The van der Waals surface area contributed by atoms with Crippen LogP contribution in [0.4, 0.5) is 0 Å². The van der Waals surface area contributed by atoms with Crippen molar-refractivity contribution < 1.29 is 0 Å². The quantitative estimate of drug-likeness (QED) is 0.573. The van der Waals surface area contributed by atoms with Crippen molar-refractivity contribution in [3.63, 3.8) is 0 Å². The van der Waals surface area contributed by atoms with Crippen LogP contribution in [-0.2, 0) is 0 Å². The third kappa shape index (κ3) is 3.85. The Bertz CT molecular complexity index is 623. The highest BCUT2D eigenvalue weighted by Gasteiger charge is 2.18. The molecule has 0 aromatic rings. The van der Waals surface area contributed by atoms with Gasteiger partial charge >= 0.3 is 0 Å². The minimum atomic E-state index is 0.0553. The van der Waals surface area contributed by atoms with Crippen molar-refractivity contribution in [2.75, 3.05) is 0 Å². The van der Waals surface area contributed by atoms with Gasteiger partial charge in [0.25, 0.3) is 0 Å². The van der Waals surface area contributed by atoms with Crippen LogP contribution in [0.1, 0.15) is 34.6 Å². The van der Waals surface area contributed by atoms with Gasteiger partial charge in [0.2, 0.25) is 0 Å². The number of rotatable bonds is 2. The van der Waals surface area contributed by atoms with Gasteiger partial charge in [-0.2, -0.15) is 0 Å². The molecule has 0 saturated heterocycles. The molecule has 110 valence electrons. The molecule has 0 saturated carbocycles. The van der Waals surface area contributed by atoms with Gasteiger partial charge in [0.1, 0.15) is 0 Å². The van der Waals surface area contributed by atoms with Gasteiger partial charge < -0.3 is 0 Å². The fourth-order valence-electron chi connectivity index (χ4n) is 2.56. The monoisotopic (exact) mass is 278 g/mol. The Morgan fingerprint density at radius 2 is 1.52 bits per heavy atom. The molecule has 0 aliphatic heterocycles. The van der Waals surface area contributed by atoms with Gasteiger partial charge in [0.05, 0.1) is 0 Å². The van der Waals surface area contributed by atoms with E-state index in [2.05, 4.69) is 95.9 Å². The topological polar surface area (TPSA) is 0 Å². The molecule has 0 spiro atoms. The first-order chi connectivity index (χ1) is 9.70. The Hall–Kier alpha value is -1.82. The maximum Gasteiger partial charge on any atom is 0.00167 e. The lowest BCUT2D eigenvalue weighted by Gasteiger charge is -2.18. The molecule has 2 aliphatic rings. The van der Waals surface area contributed by atoms with Crippen molar-refractivity contribution in [2.24, 2.45) is 10.8 Å². The maximum atomic E-state index is 4.36. The van der Waals surface area contributed by atoms with Gasteiger partial charge in [-0.3, -0.25) is 0 Å². The summed E-state index contributed by atoms with van der Waals surface area (Å²) < 4.78 is 0. The lowest BCUT2D eigenvalue weighted by atomic mass is 9.87. The molecule has 2 aliphatic carbocycles. The molecule has 0 heteroatoms. The van der Waals surface area contributed by atoms with Crippen LogP contribution in [0.5, 0.6) is 0 Å². The lowest BCUT2D eigenvalue weighted by Crippen LogP contribution is -2.04. The first-order valence-electron chi connectivity index (χ1n) is 7.58. The molecule has 0 amide bonds. The Morgan fingerprint density at radius 3 is 2.24 bits per heavy atom. The molecule has 0 fully saturated rings. The van der Waals surface area contributed by atoms with E-state index in [0.717, 1.165) is 5.57 Å². The third-order valence-corrected chi connectivity index (χ3v) is 3.98. The molecule has 0 heterocycles. The van der Waals surface area contributed by atoms with E-state index in [1.165, 1.54) is 16.7 Å². The van der Waals surface area contributed by atoms with Crippen LogP contribution in [0.2, 0.25) is 0 Å². The summed E-state index contributed by atoms with van der Waals surface area (Å²) >= 11 is 0. The summed E-state index contributed by atoms with van der Waals surface area (Å²) in [6.45, 7) is 15.4. The van der Waals surface area contributed by atoms with Crippen LogP contribution >= 0.6 is 0 Å². The zero-order chi connectivity index (χ0) is 15.7. The van der Waals surface area contributed by atoms with Crippen molar-refractivity contribution >= 4 is 0 Å². The Morgan fingerprint density at radius 1 is 0.857 bits per heavy atom. The normalized spacial score (nSPS) is 22.8. The number of hydrogen-bond acceptors (Lipinski definition) is 0. The summed E-state index contributed by atoms with van der Waals surface area (Å²) in [5, 5.41) is 0. The van der Waals surface area contributed by atoms with Crippen molar-refractivity contribution in [3.05, 3.63) is 83.6 Å². The zero-order valence-corrected chi connectivity index (χ0v) is 13.9. The zero-order valence-electron chi connectivity index (χ0n) is 13.9. The highest BCUT2D eigenvalue weighted by molar-refractivity contribution is 5.59. The summed E-state index contributed by atoms with van der Waals surface area (Å²) in [4.78, 5) is 0. The fraction of sp³-hybridized carbons (Fsp3) is 0.333. The first-order valence-corrected chi connectivity index (χ1v) is 7.58. The summed E-state index contributed by atoms with van der Waals surface area (Å²) in [5.41, 5.74) is 4.95. The number of allylic oxidation sites excluding steroid dienone is 13. The third-order valence-electron chi connectivity index (χ3n) is 3.98. The van der Waals surface area contributed by atoms with Crippen molar-refractivity contribution in [1.29, 1.82) is 0 Å². The Kier molecular flexibility index (Phi) is 4.09. The van der Waals surface area contributed by atoms with Crippen molar-refractivity contribution in [1.82, 2.24) is 0 Å². The van der Waals surface area contributed by atoms with E-state index in [1.54, 1.807) is 0 Å². The SMILES string of the molecule is C=C(C1=CC(C)(C)C=CC=C1)C1=C(C)C=CC(C)(C)C=C1. The van der Waals surface area contributed by atoms with E-state index in [4.69, 9.17) is 0 Å². The standard InChI is InChI=1S/C21H26/c1-16-10-13-20(3,4)14-11-19(16)17(2)18-9-7-8-12-21(5,6)15-18/h7-15H,2H2,1,3-6H3. The molecule has 0 aromatic heterocycles. The van der Waals surface area contributed by atoms with Crippen LogP contribution < -0.4 is 0 Å². The second kappa shape index (κ2) is 5.52. The smallest absolute Gasteiger partial charge is 0.00167 e. The Labute approximate surface area is 129 Å². The minimum absolute atomic E-state index is 0.0553. The second-order valence-electron chi connectivity index (χ2n) is 7.20. The predicted octanol–water partition coefficient (Wildman–Crippen LogP) is 6.09. The average Bonchev–Trinajstić information content (AvgIpc) is 2.64. The lowest BCUT2D eigenvalue weighted by molar-refractivity contribution is 0.624. The molecule has 0 aromatic carbocycles. The molecule has 2 rings (SSSR count). The largest absolute Gasteiger partial charge is 0.0906 e. The van der Waals surface area contributed by atoms with Gasteiger partial charge in [-0.05, 0) is 29.2 Å². The molecule has 0 bridgehead atoms. The van der Waals surface area contributed by atoms with Crippen LogP contribution in [0.15, 0.2) is 83.6 Å². The molecule has 0 nitrogen and oxygen atoms in total. The molecule has 0 unspecified atom stereocenters. The molecular formula is C21H26. The summed E-state index contributed by atoms with van der Waals surface area (Å²) in [5.74, 6) is 0. The summed E-state index contributed by atoms with van der Waals surface area (Å²) in [7, 11) is 0. The molecule has 0 N–H and O–H groups in total. The van der Waals surface area contributed by atoms with Crippen LogP contribution in [0.3, 0.4) is 0 Å². The average molecular weight is 278 g/mol. The van der Waals surface area contributed by atoms with Crippen LogP contribution in [0, 0.1) is 10.8 Å². The van der Waals surface area contributed by atoms with Crippen molar-refractivity contribution in [3.8, 4) is 0 Å². The van der Waals surface area contributed by atoms with E-state index in [1.807, 2.05) is 0 Å². The Balaban J connectivity index is 2.41. The van der Waals surface area contributed by atoms with Gasteiger partial charge in [-0.1, -0.05) is 89.0 Å². The summed E-state index contributed by atoms with van der Waals surface area (Å²) in [6.07, 6.45) is 19.8. The van der Waals surface area contributed by atoms with Crippen molar-refractivity contribution in [2.45, 2.75) is 34.6 Å². The highest BCUT2D eigenvalue weighted by Crippen LogP contribution is 2.33. The minimum Gasteiger partial charge on any atom is -0.0906 e. The highest BCUT2D eigenvalue weighted by atomic mass is 14.2. The van der Waals surface area contributed by atoms with Gasteiger partial charge in [0.15, 0.2) is 0 Å². The van der Waals surface area contributed by atoms with E-state index in [9.17, 15) is 0 Å². The number of hydrogen-bond donors (Lipinski definition) is 0. The molecule has 0 radical (unpaired) electrons. The molecular weight excluding hydrogens is 252 g/mol. The first kappa shape index (κ1) is 15.6. The van der Waals surface area contributed by atoms with E-state index in [0.29, 0.717) is 0 Å². The predicted molar refractivity (Wildman–Crippen MR) is 94.0 cm³/mol. The van der Waals surface area contributed by atoms with E-state index < -0.39 is 0 Å². The summed E-state index contributed by atoms with van der Waals surface area (Å²) in [6, 6.07) is 0. The van der Waals surface area contributed by atoms with E-state index in [-0.39, 0.29) is 10.8 Å². The van der Waals surface area contributed by atoms with Crippen LogP contribution in [-0.4, -0.2) is 0 Å². The van der Waals surface area contributed by atoms with Crippen LogP contribution in [0.25, 0.3) is 0 Å². The molecule has 0 atom stereocenters.